The van der Waals surface area contributed by atoms with E-state index >= 15 is 0 Å². The maximum atomic E-state index is 12.2. The average molecular weight is 306 g/mol. The molecule has 6 heteroatoms. The summed E-state index contributed by atoms with van der Waals surface area (Å²) in [4.78, 5) is 13.7. The number of rotatable bonds is 4. The van der Waals surface area contributed by atoms with E-state index in [0.717, 1.165) is 0 Å². The second kappa shape index (κ2) is 5.86. The smallest absolute Gasteiger partial charge is 0.253 e. The lowest BCUT2D eigenvalue weighted by Crippen LogP contribution is -2.57. The Kier molecular flexibility index (Phi) is 4.33. The van der Waals surface area contributed by atoms with Crippen molar-refractivity contribution in [3.63, 3.8) is 0 Å². The first-order valence-electron chi connectivity index (χ1n) is 6.84. The number of nitrogens with zero attached hydrogens (tertiary/aromatic N) is 2. The van der Waals surface area contributed by atoms with Crippen molar-refractivity contribution in [3.8, 4) is 6.07 Å². The molecule has 0 bridgehead atoms. The van der Waals surface area contributed by atoms with Gasteiger partial charge in [-0.25, -0.2) is 8.42 Å². The van der Waals surface area contributed by atoms with Crippen molar-refractivity contribution < 1.29 is 13.2 Å². The fourth-order valence-electron chi connectivity index (χ4n) is 2.30. The molecule has 1 aromatic rings. The minimum Gasteiger partial charge on any atom is -0.336 e. The predicted octanol–water partition coefficient (Wildman–Crippen LogP) is 1.45. The summed E-state index contributed by atoms with van der Waals surface area (Å²) >= 11 is 0. The van der Waals surface area contributed by atoms with Gasteiger partial charge < -0.3 is 4.90 Å². The molecule has 5 nitrogen and oxygen atoms in total. The largest absolute Gasteiger partial charge is 0.336 e. The van der Waals surface area contributed by atoms with Crippen LogP contribution >= 0.6 is 0 Å². The van der Waals surface area contributed by atoms with Crippen molar-refractivity contribution in [2.24, 2.45) is 5.92 Å². The predicted molar refractivity (Wildman–Crippen MR) is 79.5 cm³/mol. The van der Waals surface area contributed by atoms with E-state index in [1.54, 1.807) is 24.3 Å². The Morgan fingerprint density at radius 2 is 1.90 bits per heavy atom. The van der Waals surface area contributed by atoms with Gasteiger partial charge in [-0.3, -0.25) is 4.79 Å². The standard InChI is InChI=1S/C15H18N2O3S/c1-11(2)10-21(19,20)14-8-17(9-14)15(18)13-5-3-12(7-16)4-6-13/h3-6,11,14H,8-10H2,1-2H3. The molecule has 1 heterocycles. The third-order valence-electron chi connectivity index (χ3n) is 3.47. The van der Waals surface area contributed by atoms with Crippen LogP contribution in [0.1, 0.15) is 29.8 Å². The highest BCUT2D eigenvalue weighted by atomic mass is 32.2. The molecule has 0 saturated carbocycles. The molecule has 0 unspecified atom stereocenters. The summed E-state index contributed by atoms with van der Waals surface area (Å²) in [7, 11) is -3.12. The number of carbonyl (C=O) groups excluding carboxylic acids is 1. The van der Waals surface area contributed by atoms with Gasteiger partial charge in [0.25, 0.3) is 5.91 Å². The first-order valence-corrected chi connectivity index (χ1v) is 8.56. The summed E-state index contributed by atoms with van der Waals surface area (Å²) in [5.41, 5.74) is 0.973. The van der Waals surface area contributed by atoms with E-state index in [0.29, 0.717) is 11.1 Å². The molecule has 1 aliphatic heterocycles. The van der Waals surface area contributed by atoms with E-state index in [1.807, 2.05) is 19.9 Å². The number of carbonyl (C=O) groups is 1. The molecule has 0 N–H and O–H groups in total. The molecule has 0 radical (unpaired) electrons. The lowest BCUT2D eigenvalue weighted by Gasteiger charge is -2.39. The molecule has 1 amide bonds. The topological polar surface area (TPSA) is 78.2 Å². The Morgan fingerprint density at radius 1 is 1.33 bits per heavy atom. The zero-order valence-electron chi connectivity index (χ0n) is 12.1. The van der Waals surface area contributed by atoms with E-state index in [4.69, 9.17) is 5.26 Å². The maximum absolute atomic E-state index is 12.2. The van der Waals surface area contributed by atoms with Crippen LogP contribution in [0.5, 0.6) is 0 Å². The summed E-state index contributed by atoms with van der Waals surface area (Å²) in [5.74, 6) is 0.0742. The number of hydrogen-bond donors (Lipinski definition) is 0. The minimum atomic E-state index is -3.12. The monoisotopic (exact) mass is 306 g/mol. The van der Waals surface area contributed by atoms with E-state index in [1.165, 1.54) is 4.90 Å². The van der Waals surface area contributed by atoms with E-state index in [2.05, 4.69) is 0 Å². The van der Waals surface area contributed by atoms with Crippen LogP contribution in [-0.2, 0) is 9.84 Å². The van der Waals surface area contributed by atoms with Crippen molar-refractivity contribution in [2.45, 2.75) is 19.1 Å². The van der Waals surface area contributed by atoms with Gasteiger partial charge in [0.2, 0.25) is 0 Å². The van der Waals surface area contributed by atoms with Crippen molar-refractivity contribution >= 4 is 15.7 Å². The first kappa shape index (κ1) is 15.5. The number of sulfone groups is 1. The van der Waals surface area contributed by atoms with Gasteiger partial charge in [-0.2, -0.15) is 5.26 Å². The quantitative estimate of drug-likeness (QED) is 0.843. The normalized spacial score (nSPS) is 15.6. The summed E-state index contributed by atoms with van der Waals surface area (Å²) in [6, 6.07) is 8.35. The minimum absolute atomic E-state index is 0.0956. The Hall–Kier alpha value is -1.87. The van der Waals surface area contributed by atoms with Crippen molar-refractivity contribution in [1.29, 1.82) is 5.26 Å². The van der Waals surface area contributed by atoms with E-state index in [9.17, 15) is 13.2 Å². The second-order valence-electron chi connectivity index (χ2n) is 5.74. The third kappa shape index (κ3) is 3.42. The molecule has 1 saturated heterocycles. The molecule has 2 rings (SSSR count). The molecule has 21 heavy (non-hydrogen) atoms. The Balaban J connectivity index is 1.98. The Labute approximate surface area is 125 Å². The van der Waals surface area contributed by atoms with Crippen molar-refractivity contribution in [2.75, 3.05) is 18.8 Å². The third-order valence-corrected chi connectivity index (χ3v) is 5.91. The van der Waals surface area contributed by atoms with Gasteiger partial charge in [-0.05, 0) is 30.2 Å². The zero-order valence-corrected chi connectivity index (χ0v) is 12.9. The maximum Gasteiger partial charge on any atom is 0.253 e. The van der Waals surface area contributed by atoms with Gasteiger partial charge in [0.15, 0.2) is 9.84 Å². The molecular weight excluding hydrogens is 288 g/mol. The summed E-state index contributed by atoms with van der Waals surface area (Å²) < 4.78 is 24.1. The molecule has 0 aliphatic carbocycles. The first-order chi connectivity index (χ1) is 9.83. The van der Waals surface area contributed by atoms with E-state index < -0.39 is 15.1 Å². The molecule has 1 fully saturated rings. The van der Waals surface area contributed by atoms with Gasteiger partial charge >= 0.3 is 0 Å². The van der Waals surface area contributed by atoms with Crippen LogP contribution in [-0.4, -0.2) is 43.3 Å². The van der Waals surface area contributed by atoms with Crippen LogP contribution in [0.25, 0.3) is 0 Å². The SMILES string of the molecule is CC(C)CS(=O)(=O)C1CN(C(=O)c2ccc(C#N)cc2)C1. The highest BCUT2D eigenvalue weighted by molar-refractivity contribution is 7.92. The van der Waals surface area contributed by atoms with Crippen molar-refractivity contribution in [3.05, 3.63) is 35.4 Å². The lowest BCUT2D eigenvalue weighted by molar-refractivity contribution is 0.0659. The van der Waals surface area contributed by atoms with Gasteiger partial charge in [-0.15, -0.1) is 0 Å². The zero-order chi connectivity index (χ0) is 15.6. The van der Waals surface area contributed by atoms with Gasteiger partial charge in [-0.1, -0.05) is 13.8 Å². The average Bonchev–Trinajstić information content (AvgIpc) is 2.35. The van der Waals surface area contributed by atoms with Gasteiger partial charge in [0.05, 0.1) is 22.6 Å². The fraction of sp³-hybridized carbons (Fsp3) is 0.467. The second-order valence-corrected chi connectivity index (χ2v) is 8.07. The highest BCUT2D eigenvalue weighted by Gasteiger charge is 2.39. The van der Waals surface area contributed by atoms with Crippen LogP contribution in [0.15, 0.2) is 24.3 Å². The van der Waals surface area contributed by atoms with Gasteiger partial charge in [0.1, 0.15) is 0 Å². The number of nitriles is 1. The Bertz CT molecular complexity index is 666. The highest BCUT2D eigenvalue weighted by Crippen LogP contribution is 2.21. The molecule has 0 atom stereocenters. The van der Waals surface area contributed by atoms with Gasteiger partial charge in [0, 0.05) is 18.7 Å². The number of benzene rings is 1. The lowest BCUT2D eigenvalue weighted by atomic mass is 10.1. The van der Waals surface area contributed by atoms with Crippen LogP contribution in [0, 0.1) is 17.2 Å². The molecule has 0 aromatic heterocycles. The molecule has 112 valence electrons. The number of amides is 1. The summed E-state index contributed by atoms with van der Waals surface area (Å²) in [6.45, 7) is 4.26. The molecule has 1 aromatic carbocycles. The van der Waals surface area contributed by atoms with Crippen LogP contribution in [0.3, 0.4) is 0 Å². The van der Waals surface area contributed by atoms with Crippen molar-refractivity contribution in [1.82, 2.24) is 4.90 Å². The fourth-order valence-corrected chi connectivity index (χ4v) is 4.32. The molecular formula is C15H18N2O3S. The summed E-state index contributed by atoms with van der Waals surface area (Å²) in [6.07, 6.45) is 0. The molecule has 0 spiro atoms. The van der Waals surface area contributed by atoms with Crippen LogP contribution in [0.2, 0.25) is 0 Å². The van der Waals surface area contributed by atoms with E-state index in [-0.39, 0.29) is 30.7 Å². The summed E-state index contributed by atoms with van der Waals surface area (Å²) in [5, 5.41) is 8.28. The molecule has 1 aliphatic rings. The number of likely N-dealkylation sites (tertiary alicyclic amines) is 1. The van der Waals surface area contributed by atoms with Crippen LogP contribution in [0.4, 0.5) is 0 Å². The Morgan fingerprint density at radius 3 is 2.38 bits per heavy atom. The van der Waals surface area contributed by atoms with Crippen LogP contribution < -0.4 is 0 Å². The number of hydrogen-bond acceptors (Lipinski definition) is 4.